The lowest BCUT2D eigenvalue weighted by Gasteiger charge is -2.19. The van der Waals surface area contributed by atoms with Gasteiger partial charge in [-0.15, -0.1) is 6.58 Å². The standard InChI is InChI=1S/C13H30N4O/c1-3-10-18-12-13(11-15-4-2)17-9-8-16-7-5-6-14/h3,13,15-17H,1,4-12,14H2,2H3. The molecule has 0 saturated carbocycles. The van der Waals surface area contributed by atoms with Crippen LogP contribution in [0.1, 0.15) is 13.3 Å². The largest absolute Gasteiger partial charge is 0.376 e. The fourth-order valence-corrected chi connectivity index (χ4v) is 1.52. The second-order valence-corrected chi connectivity index (χ2v) is 4.18. The molecule has 0 aliphatic rings. The van der Waals surface area contributed by atoms with Crippen LogP contribution in [0.5, 0.6) is 0 Å². The predicted molar refractivity (Wildman–Crippen MR) is 77.9 cm³/mol. The first kappa shape index (κ1) is 17.5. The zero-order chi connectivity index (χ0) is 13.5. The van der Waals surface area contributed by atoms with Gasteiger partial charge in [0.1, 0.15) is 0 Å². The van der Waals surface area contributed by atoms with Crippen molar-refractivity contribution in [3.05, 3.63) is 12.7 Å². The molecule has 0 aromatic carbocycles. The van der Waals surface area contributed by atoms with Gasteiger partial charge < -0.3 is 26.4 Å². The van der Waals surface area contributed by atoms with Crippen LogP contribution in [0.25, 0.3) is 0 Å². The molecule has 0 rings (SSSR count). The molecule has 0 aromatic heterocycles. The number of ether oxygens (including phenoxy) is 1. The molecule has 0 aliphatic heterocycles. The van der Waals surface area contributed by atoms with E-state index in [-0.39, 0.29) is 0 Å². The van der Waals surface area contributed by atoms with Gasteiger partial charge in [0.05, 0.1) is 13.2 Å². The molecule has 0 radical (unpaired) electrons. The van der Waals surface area contributed by atoms with Gasteiger partial charge in [-0.3, -0.25) is 0 Å². The van der Waals surface area contributed by atoms with Gasteiger partial charge >= 0.3 is 0 Å². The normalized spacial score (nSPS) is 12.6. The van der Waals surface area contributed by atoms with E-state index < -0.39 is 0 Å². The van der Waals surface area contributed by atoms with E-state index in [9.17, 15) is 0 Å². The van der Waals surface area contributed by atoms with Crippen molar-refractivity contribution in [2.24, 2.45) is 5.73 Å². The molecule has 0 saturated heterocycles. The molecule has 108 valence electrons. The van der Waals surface area contributed by atoms with Crippen molar-refractivity contribution < 1.29 is 4.74 Å². The fourth-order valence-electron chi connectivity index (χ4n) is 1.52. The Morgan fingerprint density at radius 1 is 1.28 bits per heavy atom. The van der Waals surface area contributed by atoms with Gasteiger partial charge in [-0.2, -0.15) is 0 Å². The lowest BCUT2D eigenvalue weighted by atomic mass is 10.3. The van der Waals surface area contributed by atoms with Crippen molar-refractivity contribution in [3.8, 4) is 0 Å². The van der Waals surface area contributed by atoms with E-state index in [0.29, 0.717) is 19.3 Å². The van der Waals surface area contributed by atoms with Crippen LogP contribution in [0.2, 0.25) is 0 Å². The zero-order valence-electron chi connectivity index (χ0n) is 11.7. The summed E-state index contributed by atoms with van der Waals surface area (Å²) >= 11 is 0. The highest BCUT2D eigenvalue weighted by molar-refractivity contribution is 4.71. The minimum absolute atomic E-state index is 0.348. The lowest BCUT2D eigenvalue weighted by Crippen LogP contribution is -2.44. The van der Waals surface area contributed by atoms with E-state index in [1.165, 1.54) is 0 Å². The summed E-state index contributed by atoms with van der Waals surface area (Å²) in [4.78, 5) is 0. The first-order valence-electron chi connectivity index (χ1n) is 6.88. The Morgan fingerprint density at radius 2 is 2.11 bits per heavy atom. The predicted octanol–water partition coefficient (Wildman–Crippen LogP) is -0.305. The van der Waals surface area contributed by atoms with Gasteiger partial charge in [-0.05, 0) is 26.1 Å². The summed E-state index contributed by atoms with van der Waals surface area (Å²) in [5.74, 6) is 0. The van der Waals surface area contributed by atoms with Crippen LogP contribution in [-0.2, 0) is 4.74 Å². The van der Waals surface area contributed by atoms with E-state index >= 15 is 0 Å². The Bertz CT molecular complexity index is 178. The number of nitrogens with one attached hydrogen (secondary N) is 3. The van der Waals surface area contributed by atoms with Crippen molar-refractivity contribution >= 4 is 0 Å². The SMILES string of the molecule is C=CCOCC(CNCC)NCCNCCCN. The molecular weight excluding hydrogens is 228 g/mol. The molecule has 0 aromatic rings. The molecule has 1 unspecified atom stereocenters. The maximum absolute atomic E-state index is 5.48. The highest BCUT2D eigenvalue weighted by Gasteiger charge is 2.06. The third kappa shape index (κ3) is 12.0. The molecule has 0 heterocycles. The Balaban J connectivity index is 3.54. The van der Waals surface area contributed by atoms with Gasteiger partial charge in [-0.1, -0.05) is 13.0 Å². The van der Waals surface area contributed by atoms with Crippen LogP contribution >= 0.6 is 0 Å². The molecular formula is C13H30N4O. The highest BCUT2D eigenvalue weighted by Crippen LogP contribution is 1.85. The van der Waals surface area contributed by atoms with E-state index in [4.69, 9.17) is 10.5 Å². The van der Waals surface area contributed by atoms with Crippen LogP contribution in [0, 0.1) is 0 Å². The van der Waals surface area contributed by atoms with E-state index in [0.717, 1.165) is 45.7 Å². The quantitative estimate of drug-likeness (QED) is 0.254. The van der Waals surface area contributed by atoms with Gasteiger partial charge in [0.2, 0.25) is 0 Å². The average Bonchev–Trinajstić information content (AvgIpc) is 2.39. The van der Waals surface area contributed by atoms with Gasteiger partial charge in [0, 0.05) is 25.7 Å². The van der Waals surface area contributed by atoms with E-state index in [2.05, 4.69) is 29.5 Å². The highest BCUT2D eigenvalue weighted by atomic mass is 16.5. The first-order chi connectivity index (χ1) is 8.85. The first-order valence-corrected chi connectivity index (χ1v) is 6.88. The monoisotopic (exact) mass is 258 g/mol. The Labute approximate surface area is 112 Å². The minimum atomic E-state index is 0.348. The van der Waals surface area contributed by atoms with Crippen LogP contribution < -0.4 is 21.7 Å². The fraction of sp³-hybridized carbons (Fsp3) is 0.846. The topological polar surface area (TPSA) is 71.3 Å². The molecule has 0 aliphatic carbocycles. The number of rotatable bonds is 14. The molecule has 0 spiro atoms. The smallest absolute Gasteiger partial charge is 0.0645 e. The summed E-state index contributed by atoms with van der Waals surface area (Å²) in [6.45, 7) is 12.6. The van der Waals surface area contributed by atoms with Crippen molar-refractivity contribution in [1.29, 1.82) is 0 Å². The molecule has 0 fully saturated rings. The summed E-state index contributed by atoms with van der Waals surface area (Å²) in [5, 5.41) is 10.2. The maximum atomic E-state index is 5.48. The molecule has 5 N–H and O–H groups in total. The van der Waals surface area contributed by atoms with Crippen molar-refractivity contribution in [1.82, 2.24) is 16.0 Å². The van der Waals surface area contributed by atoms with Crippen LogP contribution in [0.3, 0.4) is 0 Å². The van der Waals surface area contributed by atoms with Gasteiger partial charge in [0.25, 0.3) is 0 Å². The summed E-state index contributed by atoms with van der Waals surface area (Å²) in [5.41, 5.74) is 5.43. The van der Waals surface area contributed by atoms with E-state index in [1.54, 1.807) is 6.08 Å². The van der Waals surface area contributed by atoms with Crippen molar-refractivity contribution in [3.63, 3.8) is 0 Å². The lowest BCUT2D eigenvalue weighted by molar-refractivity contribution is 0.135. The van der Waals surface area contributed by atoms with Crippen LogP contribution in [0.15, 0.2) is 12.7 Å². The Morgan fingerprint density at radius 3 is 2.78 bits per heavy atom. The molecule has 1 atom stereocenters. The van der Waals surface area contributed by atoms with Crippen molar-refractivity contribution in [2.75, 3.05) is 52.5 Å². The van der Waals surface area contributed by atoms with Crippen molar-refractivity contribution in [2.45, 2.75) is 19.4 Å². The number of nitrogens with two attached hydrogens (primary N) is 1. The third-order valence-corrected chi connectivity index (χ3v) is 2.49. The zero-order valence-corrected chi connectivity index (χ0v) is 11.7. The molecule has 5 nitrogen and oxygen atoms in total. The van der Waals surface area contributed by atoms with Crippen LogP contribution in [0.4, 0.5) is 0 Å². The second-order valence-electron chi connectivity index (χ2n) is 4.18. The van der Waals surface area contributed by atoms with Crippen LogP contribution in [-0.4, -0.2) is 58.5 Å². The summed E-state index contributed by atoms with van der Waals surface area (Å²) in [6.07, 6.45) is 2.81. The number of hydrogen-bond acceptors (Lipinski definition) is 5. The van der Waals surface area contributed by atoms with Gasteiger partial charge in [-0.25, -0.2) is 0 Å². The second kappa shape index (κ2) is 14.6. The molecule has 0 amide bonds. The maximum Gasteiger partial charge on any atom is 0.0645 e. The Kier molecular flexibility index (Phi) is 14.2. The molecule has 18 heavy (non-hydrogen) atoms. The summed E-state index contributed by atoms with van der Waals surface area (Å²) in [6, 6.07) is 0.348. The summed E-state index contributed by atoms with van der Waals surface area (Å²) < 4.78 is 5.48. The Hall–Kier alpha value is -0.460. The molecule has 5 heteroatoms. The van der Waals surface area contributed by atoms with E-state index in [1.807, 2.05) is 0 Å². The molecule has 0 bridgehead atoms. The number of likely N-dealkylation sites (N-methyl/N-ethyl adjacent to an activating group) is 1. The third-order valence-electron chi connectivity index (χ3n) is 2.49. The average molecular weight is 258 g/mol. The summed E-state index contributed by atoms with van der Waals surface area (Å²) in [7, 11) is 0. The van der Waals surface area contributed by atoms with Gasteiger partial charge in [0.15, 0.2) is 0 Å². The minimum Gasteiger partial charge on any atom is -0.376 e. The number of hydrogen-bond donors (Lipinski definition) is 4.